The third kappa shape index (κ3) is 2.55. The number of hydrogen-bond acceptors (Lipinski definition) is 3. The highest BCUT2D eigenvalue weighted by Gasteiger charge is 2.25. The summed E-state index contributed by atoms with van der Waals surface area (Å²) < 4.78 is 5.06. The summed E-state index contributed by atoms with van der Waals surface area (Å²) in [6.07, 6.45) is 4.66. The maximum Gasteiger partial charge on any atom is 0.179 e. The second-order valence-electron chi connectivity index (χ2n) is 5.98. The van der Waals surface area contributed by atoms with Gasteiger partial charge in [-0.3, -0.25) is 9.58 Å². The minimum atomic E-state index is 0.602. The van der Waals surface area contributed by atoms with Crippen molar-refractivity contribution in [2.45, 2.75) is 52.1 Å². The molecule has 0 aliphatic carbocycles. The predicted molar refractivity (Wildman–Crippen MR) is 88.2 cm³/mol. The molecule has 0 amide bonds. The van der Waals surface area contributed by atoms with Crippen molar-refractivity contribution in [2.24, 2.45) is 7.05 Å². The first-order chi connectivity index (χ1) is 10.2. The fourth-order valence-corrected chi connectivity index (χ4v) is 3.85. The average molecular weight is 307 g/mol. The van der Waals surface area contributed by atoms with Crippen LogP contribution in [0.1, 0.15) is 38.8 Å². The van der Waals surface area contributed by atoms with E-state index in [9.17, 15) is 0 Å². The second-order valence-corrected chi connectivity index (χ2v) is 6.37. The molecule has 1 fully saturated rings. The zero-order valence-electron chi connectivity index (χ0n) is 13.2. The molecule has 21 heavy (non-hydrogen) atoms. The maximum absolute atomic E-state index is 5.57. The molecule has 1 saturated heterocycles. The van der Waals surface area contributed by atoms with Crippen LogP contribution in [0.4, 0.5) is 0 Å². The van der Waals surface area contributed by atoms with Crippen LogP contribution in [-0.4, -0.2) is 43.4 Å². The third-order valence-electron chi connectivity index (χ3n) is 4.61. The van der Waals surface area contributed by atoms with Crippen molar-refractivity contribution in [3.05, 3.63) is 10.5 Å². The molecule has 1 aliphatic heterocycles. The molecule has 0 spiro atoms. The van der Waals surface area contributed by atoms with Crippen LogP contribution < -0.4 is 0 Å². The smallest absolute Gasteiger partial charge is 0.179 e. The van der Waals surface area contributed by atoms with Gasteiger partial charge in [-0.25, -0.2) is 0 Å². The van der Waals surface area contributed by atoms with Crippen LogP contribution in [0.5, 0.6) is 0 Å². The summed E-state index contributed by atoms with van der Waals surface area (Å²) in [5.74, 6) is 0. The topological polar surface area (TPSA) is 41.8 Å². The van der Waals surface area contributed by atoms with Gasteiger partial charge in [-0.05, 0) is 44.6 Å². The van der Waals surface area contributed by atoms with Crippen LogP contribution >= 0.6 is 12.2 Å². The molecule has 1 atom stereocenters. The van der Waals surface area contributed by atoms with Gasteiger partial charge in [0, 0.05) is 19.6 Å². The summed E-state index contributed by atoms with van der Waals surface area (Å²) in [5, 5.41) is 4.66. The summed E-state index contributed by atoms with van der Waals surface area (Å²) in [4.78, 5) is 5.94. The van der Waals surface area contributed by atoms with E-state index in [0.29, 0.717) is 6.04 Å². The van der Waals surface area contributed by atoms with E-state index in [4.69, 9.17) is 12.2 Å². The van der Waals surface area contributed by atoms with Gasteiger partial charge in [-0.2, -0.15) is 5.10 Å². The van der Waals surface area contributed by atoms with Crippen LogP contribution in [0.25, 0.3) is 11.2 Å². The van der Waals surface area contributed by atoms with E-state index in [-0.39, 0.29) is 0 Å². The number of likely N-dealkylation sites (tertiary alicyclic amines) is 1. The number of aromatic nitrogens is 4. The summed E-state index contributed by atoms with van der Waals surface area (Å²) in [6.45, 7) is 7.74. The Labute approximate surface area is 130 Å². The number of rotatable bonds is 5. The molecule has 1 aliphatic rings. The molecule has 5 nitrogen and oxygen atoms in total. The SMILES string of the molecule is CCCc1nn(C)c2c1[nH]c(=S)n2CC1CCCN1CC. The van der Waals surface area contributed by atoms with Crippen LogP contribution in [-0.2, 0) is 20.0 Å². The summed E-state index contributed by atoms with van der Waals surface area (Å²) >= 11 is 5.57. The van der Waals surface area contributed by atoms with Crippen molar-refractivity contribution in [1.82, 2.24) is 24.2 Å². The van der Waals surface area contributed by atoms with Crippen molar-refractivity contribution in [3.8, 4) is 0 Å². The van der Waals surface area contributed by atoms with E-state index < -0.39 is 0 Å². The number of likely N-dealkylation sites (N-methyl/N-ethyl adjacent to an activating group) is 1. The molecule has 0 aromatic carbocycles. The van der Waals surface area contributed by atoms with Crippen molar-refractivity contribution in [2.75, 3.05) is 13.1 Å². The van der Waals surface area contributed by atoms with E-state index in [2.05, 4.69) is 33.4 Å². The minimum Gasteiger partial charge on any atom is -0.328 e. The monoisotopic (exact) mass is 307 g/mol. The van der Waals surface area contributed by atoms with Crippen LogP contribution in [0.3, 0.4) is 0 Å². The molecule has 116 valence electrons. The van der Waals surface area contributed by atoms with Crippen molar-refractivity contribution in [3.63, 3.8) is 0 Å². The molecule has 1 N–H and O–H groups in total. The maximum atomic E-state index is 5.57. The lowest BCUT2D eigenvalue weighted by Gasteiger charge is -2.23. The Kier molecular flexibility index (Phi) is 4.17. The number of nitrogens with zero attached hydrogens (tertiary/aromatic N) is 4. The van der Waals surface area contributed by atoms with E-state index >= 15 is 0 Å². The van der Waals surface area contributed by atoms with Gasteiger partial charge in [0.2, 0.25) is 0 Å². The minimum absolute atomic E-state index is 0.602. The first kappa shape index (κ1) is 14.8. The zero-order chi connectivity index (χ0) is 15.0. The van der Waals surface area contributed by atoms with E-state index in [0.717, 1.165) is 47.6 Å². The van der Waals surface area contributed by atoms with Gasteiger partial charge in [0.1, 0.15) is 5.52 Å². The van der Waals surface area contributed by atoms with Gasteiger partial charge in [0.05, 0.1) is 5.69 Å². The summed E-state index contributed by atoms with van der Waals surface area (Å²) in [5.41, 5.74) is 3.41. The fourth-order valence-electron chi connectivity index (χ4n) is 3.59. The third-order valence-corrected chi connectivity index (χ3v) is 4.93. The van der Waals surface area contributed by atoms with Crippen molar-refractivity contribution < 1.29 is 0 Å². The molecular formula is C15H25N5S. The standard InChI is InChI=1S/C15H25N5S/c1-4-7-12-13-14(18(3)17-12)20(15(21)16-13)10-11-8-6-9-19(11)5-2/h11H,4-10H2,1-3H3,(H,16,21). The van der Waals surface area contributed by atoms with Gasteiger partial charge in [0.15, 0.2) is 10.4 Å². The number of H-pyrrole nitrogens is 1. The van der Waals surface area contributed by atoms with E-state index in [1.807, 2.05) is 11.7 Å². The zero-order valence-corrected chi connectivity index (χ0v) is 14.0. The lowest BCUT2D eigenvalue weighted by atomic mass is 10.2. The Morgan fingerprint density at radius 2 is 2.19 bits per heavy atom. The lowest BCUT2D eigenvalue weighted by Crippen LogP contribution is -2.32. The lowest BCUT2D eigenvalue weighted by molar-refractivity contribution is 0.244. The average Bonchev–Trinajstić information content (AvgIpc) is 3.10. The van der Waals surface area contributed by atoms with Crippen molar-refractivity contribution in [1.29, 1.82) is 0 Å². The first-order valence-corrected chi connectivity index (χ1v) is 8.45. The van der Waals surface area contributed by atoms with Gasteiger partial charge < -0.3 is 9.55 Å². The molecule has 2 aromatic heterocycles. The van der Waals surface area contributed by atoms with E-state index in [1.54, 1.807) is 0 Å². The van der Waals surface area contributed by atoms with Gasteiger partial charge >= 0.3 is 0 Å². The summed E-state index contributed by atoms with van der Waals surface area (Å²) in [7, 11) is 2.02. The first-order valence-electron chi connectivity index (χ1n) is 8.04. The van der Waals surface area contributed by atoms with Crippen molar-refractivity contribution >= 4 is 23.4 Å². The molecule has 2 aromatic rings. The summed E-state index contributed by atoms with van der Waals surface area (Å²) in [6, 6.07) is 0.602. The number of aromatic amines is 1. The highest BCUT2D eigenvalue weighted by molar-refractivity contribution is 7.71. The van der Waals surface area contributed by atoms with Crippen LogP contribution in [0.2, 0.25) is 0 Å². The number of aryl methyl sites for hydroxylation is 2. The number of hydrogen-bond donors (Lipinski definition) is 1. The fraction of sp³-hybridized carbons (Fsp3) is 0.733. The normalized spacial score (nSPS) is 19.9. The van der Waals surface area contributed by atoms with E-state index in [1.165, 1.54) is 19.4 Å². The highest BCUT2D eigenvalue weighted by Crippen LogP contribution is 2.23. The molecule has 3 rings (SSSR count). The Hall–Kier alpha value is -1.14. The Morgan fingerprint density at radius 1 is 1.38 bits per heavy atom. The Balaban J connectivity index is 1.98. The molecule has 1 unspecified atom stereocenters. The van der Waals surface area contributed by atoms with Gasteiger partial charge in [-0.1, -0.05) is 20.3 Å². The largest absolute Gasteiger partial charge is 0.328 e. The highest BCUT2D eigenvalue weighted by atomic mass is 32.1. The molecule has 0 radical (unpaired) electrons. The second kappa shape index (κ2) is 5.93. The molecule has 6 heteroatoms. The number of imidazole rings is 1. The van der Waals surface area contributed by atoms with Gasteiger partial charge in [0.25, 0.3) is 0 Å². The molecule has 0 saturated carbocycles. The number of fused-ring (bicyclic) bond motifs is 1. The van der Waals surface area contributed by atoms with Gasteiger partial charge in [-0.15, -0.1) is 0 Å². The molecule has 3 heterocycles. The Bertz CT molecular complexity index is 680. The van der Waals surface area contributed by atoms with Crippen LogP contribution in [0, 0.1) is 4.77 Å². The predicted octanol–water partition coefficient (Wildman–Crippen LogP) is 2.87. The quantitative estimate of drug-likeness (QED) is 0.864. The molecular weight excluding hydrogens is 282 g/mol. The molecule has 0 bridgehead atoms. The Morgan fingerprint density at radius 3 is 2.90 bits per heavy atom. The number of nitrogens with one attached hydrogen (secondary N) is 1. The van der Waals surface area contributed by atoms with Crippen LogP contribution in [0.15, 0.2) is 0 Å².